The third-order valence-corrected chi connectivity index (χ3v) is 5.25. The molecule has 2 aromatic carbocycles. The number of ketones is 1. The predicted octanol–water partition coefficient (Wildman–Crippen LogP) is 5.10. The average Bonchev–Trinajstić information content (AvgIpc) is 3.06. The zero-order valence-electron chi connectivity index (χ0n) is 19.0. The van der Waals surface area contributed by atoms with Crippen LogP contribution in [-0.4, -0.2) is 41.5 Å². The Balaban J connectivity index is 2.05. The van der Waals surface area contributed by atoms with Gasteiger partial charge in [0.25, 0.3) is 11.7 Å². The van der Waals surface area contributed by atoms with Gasteiger partial charge < -0.3 is 19.5 Å². The number of rotatable bonds is 10. The average molecular weight is 438 g/mol. The number of ether oxygens (including phenoxy) is 2. The largest absolute Gasteiger partial charge is 0.507 e. The molecule has 1 aliphatic rings. The van der Waals surface area contributed by atoms with Gasteiger partial charge in [-0.1, -0.05) is 45.0 Å². The molecule has 1 saturated heterocycles. The molecule has 1 fully saturated rings. The number of nitrogens with zero attached hydrogens (tertiary/aromatic N) is 1. The van der Waals surface area contributed by atoms with Crippen LogP contribution < -0.4 is 9.47 Å². The summed E-state index contributed by atoms with van der Waals surface area (Å²) >= 11 is 0. The molecule has 3 rings (SSSR count). The number of likely N-dealkylation sites (tertiary alicyclic amines) is 1. The molecule has 1 aliphatic heterocycles. The lowest BCUT2D eigenvalue weighted by molar-refractivity contribution is -0.139. The summed E-state index contributed by atoms with van der Waals surface area (Å²) in [5.41, 5.74) is 1.29. The molecular formula is C26H31NO5. The molecule has 0 spiro atoms. The van der Waals surface area contributed by atoms with E-state index in [1.165, 1.54) is 4.90 Å². The van der Waals surface area contributed by atoms with E-state index in [1.807, 2.05) is 45.0 Å². The minimum absolute atomic E-state index is 0.0957. The lowest BCUT2D eigenvalue weighted by atomic mass is 9.95. The van der Waals surface area contributed by atoms with E-state index in [2.05, 4.69) is 0 Å². The first-order chi connectivity index (χ1) is 15.5. The molecule has 32 heavy (non-hydrogen) atoms. The van der Waals surface area contributed by atoms with Crippen LogP contribution in [0.2, 0.25) is 0 Å². The number of aliphatic hydroxyl groups is 1. The molecule has 6 heteroatoms. The molecule has 0 radical (unpaired) electrons. The zero-order valence-corrected chi connectivity index (χ0v) is 19.0. The monoisotopic (exact) mass is 437 g/mol. The van der Waals surface area contributed by atoms with Crippen LogP contribution in [0.3, 0.4) is 0 Å². The van der Waals surface area contributed by atoms with Crippen LogP contribution in [0.4, 0.5) is 0 Å². The molecule has 0 saturated carbocycles. The third kappa shape index (κ3) is 4.96. The van der Waals surface area contributed by atoms with Crippen molar-refractivity contribution in [1.82, 2.24) is 4.90 Å². The first kappa shape index (κ1) is 23.4. The number of carbonyl (C=O) groups is 2. The molecule has 1 unspecified atom stereocenters. The number of amides is 1. The topological polar surface area (TPSA) is 76.1 Å². The van der Waals surface area contributed by atoms with Crippen LogP contribution in [0.1, 0.15) is 57.2 Å². The molecule has 1 amide bonds. The fourth-order valence-corrected chi connectivity index (χ4v) is 3.77. The highest BCUT2D eigenvalue weighted by atomic mass is 16.5. The second kappa shape index (κ2) is 10.8. The van der Waals surface area contributed by atoms with Crippen molar-refractivity contribution in [2.75, 3.05) is 19.8 Å². The molecule has 170 valence electrons. The molecule has 1 N–H and O–H groups in total. The van der Waals surface area contributed by atoms with Gasteiger partial charge in [-0.15, -0.1) is 0 Å². The normalized spacial score (nSPS) is 17.6. The number of aliphatic hydroxyl groups excluding tert-OH is 1. The van der Waals surface area contributed by atoms with Crippen LogP contribution in [0, 0.1) is 0 Å². The van der Waals surface area contributed by atoms with Crippen molar-refractivity contribution in [3.05, 3.63) is 65.2 Å². The Morgan fingerprint density at radius 2 is 1.56 bits per heavy atom. The summed E-state index contributed by atoms with van der Waals surface area (Å²) in [5, 5.41) is 11.1. The summed E-state index contributed by atoms with van der Waals surface area (Å²) < 4.78 is 11.3. The highest BCUT2D eigenvalue weighted by molar-refractivity contribution is 6.46. The van der Waals surface area contributed by atoms with Crippen molar-refractivity contribution in [1.29, 1.82) is 0 Å². The molecule has 6 nitrogen and oxygen atoms in total. The molecule has 0 aliphatic carbocycles. The number of hydrogen-bond donors (Lipinski definition) is 1. The van der Waals surface area contributed by atoms with E-state index >= 15 is 0 Å². The summed E-state index contributed by atoms with van der Waals surface area (Å²) in [4.78, 5) is 27.3. The second-order valence-corrected chi connectivity index (χ2v) is 7.79. The van der Waals surface area contributed by atoms with Crippen molar-refractivity contribution in [2.24, 2.45) is 0 Å². The number of carbonyl (C=O) groups excluding carboxylic acids is 2. The lowest BCUT2D eigenvalue weighted by Gasteiger charge is -2.25. The minimum atomic E-state index is -0.674. The van der Waals surface area contributed by atoms with Gasteiger partial charge in [-0.25, -0.2) is 0 Å². The summed E-state index contributed by atoms with van der Waals surface area (Å²) in [7, 11) is 0. The van der Waals surface area contributed by atoms with Gasteiger partial charge in [-0.2, -0.15) is 0 Å². The van der Waals surface area contributed by atoms with Crippen LogP contribution in [0.15, 0.2) is 54.1 Å². The van der Waals surface area contributed by atoms with E-state index in [0.29, 0.717) is 37.5 Å². The molecule has 2 aromatic rings. The van der Waals surface area contributed by atoms with E-state index in [4.69, 9.17) is 9.47 Å². The number of Topliss-reactive ketones (excluding diaryl/α,β-unsaturated/α-hetero) is 1. The van der Waals surface area contributed by atoms with Gasteiger partial charge in [0.15, 0.2) is 0 Å². The first-order valence-corrected chi connectivity index (χ1v) is 11.3. The van der Waals surface area contributed by atoms with Crippen LogP contribution in [0.5, 0.6) is 11.5 Å². The summed E-state index contributed by atoms with van der Waals surface area (Å²) in [6.45, 7) is 7.58. The Morgan fingerprint density at radius 1 is 0.906 bits per heavy atom. The predicted molar refractivity (Wildman–Crippen MR) is 124 cm³/mol. The Labute approximate surface area is 189 Å². The van der Waals surface area contributed by atoms with E-state index in [9.17, 15) is 14.7 Å². The fraction of sp³-hybridized carbons (Fsp3) is 0.385. The lowest BCUT2D eigenvalue weighted by Crippen LogP contribution is -2.30. The van der Waals surface area contributed by atoms with Crippen molar-refractivity contribution < 1.29 is 24.2 Å². The SMILES string of the molecule is CCCOc1ccc(C2/C(=C(/O)c3cccc(OCCC)c3)C(=O)C(=O)N2CCC)cc1. The zero-order chi connectivity index (χ0) is 23.1. The second-order valence-electron chi connectivity index (χ2n) is 7.79. The van der Waals surface area contributed by atoms with E-state index < -0.39 is 17.7 Å². The Hall–Kier alpha value is -3.28. The molecule has 1 atom stereocenters. The Bertz CT molecular complexity index is 980. The summed E-state index contributed by atoms with van der Waals surface area (Å²) in [5.74, 6) is -0.132. The maximum Gasteiger partial charge on any atom is 0.295 e. The molecule has 0 bridgehead atoms. The van der Waals surface area contributed by atoms with Gasteiger partial charge in [0.2, 0.25) is 0 Å². The maximum atomic E-state index is 13.0. The van der Waals surface area contributed by atoms with E-state index in [-0.39, 0.29) is 11.3 Å². The highest BCUT2D eigenvalue weighted by Crippen LogP contribution is 2.40. The van der Waals surface area contributed by atoms with Crippen LogP contribution in [-0.2, 0) is 9.59 Å². The van der Waals surface area contributed by atoms with Crippen molar-refractivity contribution in [2.45, 2.75) is 46.1 Å². The van der Waals surface area contributed by atoms with Crippen LogP contribution in [0.25, 0.3) is 5.76 Å². The third-order valence-electron chi connectivity index (χ3n) is 5.25. The van der Waals surface area contributed by atoms with Crippen molar-refractivity contribution in [3.63, 3.8) is 0 Å². The van der Waals surface area contributed by atoms with Gasteiger partial charge in [0, 0.05) is 12.1 Å². The smallest absolute Gasteiger partial charge is 0.295 e. The van der Waals surface area contributed by atoms with Crippen LogP contribution >= 0.6 is 0 Å². The summed E-state index contributed by atoms with van der Waals surface area (Å²) in [6.07, 6.45) is 2.46. The Morgan fingerprint density at radius 3 is 2.19 bits per heavy atom. The van der Waals surface area contributed by atoms with E-state index in [0.717, 1.165) is 24.2 Å². The Kier molecular flexibility index (Phi) is 7.92. The van der Waals surface area contributed by atoms with Crippen molar-refractivity contribution >= 4 is 17.4 Å². The van der Waals surface area contributed by atoms with E-state index in [1.54, 1.807) is 24.3 Å². The fourth-order valence-electron chi connectivity index (χ4n) is 3.77. The highest BCUT2D eigenvalue weighted by Gasteiger charge is 2.45. The standard InChI is InChI=1S/C26H31NO5/c1-4-14-27-23(18-10-12-20(13-11-18)31-15-5-2)22(25(29)26(27)30)24(28)19-8-7-9-21(17-19)32-16-6-3/h7-13,17,23,28H,4-6,14-16H2,1-3H3/b24-22-. The molecular weight excluding hydrogens is 406 g/mol. The quantitative estimate of drug-likeness (QED) is 0.318. The maximum absolute atomic E-state index is 13.0. The van der Waals surface area contributed by atoms with Crippen molar-refractivity contribution in [3.8, 4) is 11.5 Å². The van der Waals surface area contributed by atoms with Gasteiger partial charge in [0.05, 0.1) is 24.8 Å². The minimum Gasteiger partial charge on any atom is -0.507 e. The first-order valence-electron chi connectivity index (χ1n) is 11.3. The number of benzene rings is 2. The van der Waals surface area contributed by atoms with Gasteiger partial charge in [-0.3, -0.25) is 9.59 Å². The molecule has 0 aromatic heterocycles. The number of hydrogen-bond acceptors (Lipinski definition) is 5. The summed E-state index contributed by atoms with van der Waals surface area (Å²) in [6, 6.07) is 13.7. The van der Waals surface area contributed by atoms with Gasteiger partial charge >= 0.3 is 0 Å². The van der Waals surface area contributed by atoms with Gasteiger partial charge in [-0.05, 0) is 49.1 Å². The molecule has 1 heterocycles. The van der Waals surface area contributed by atoms with Gasteiger partial charge in [0.1, 0.15) is 17.3 Å².